The van der Waals surface area contributed by atoms with Crippen LogP contribution in [0.25, 0.3) is 0 Å². The first-order chi connectivity index (χ1) is 14.4. The van der Waals surface area contributed by atoms with Gasteiger partial charge in [-0.15, -0.1) is 0 Å². The van der Waals surface area contributed by atoms with E-state index in [4.69, 9.17) is 9.47 Å². The molecule has 6 nitrogen and oxygen atoms in total. The molecule has 0 aromatic carbocycles. The van der Waals surface area contributed by atoms with Crippen LogP contribution in [-0.4, -0.2) is 86.1 Å². The maximum absolute atomic E-state index is 13.3. The Hall–Kier alpha value is -0.690. The highest BCUT2D eigenvalue weighted by atomic mass is 16.5. The number of piperidine rings is 1. The Labute approximate surface area is 183 Å². The maximum atomic E-state index is 13.3. The van der Waals surface area contributed by atoms with Crippen LogP contribution in [0.5, 0.6) is 0 Å². The van der Waals surface area contributed by atoms with E-state index in [1.807, 2.05) is 18.7 Å². The number of likely N-dealkylation sites (tertiary alicyclic amines) is 1. The summed E-state index contributed by atoms with van der Waals surface area (Å²) in [5.41, 5.74) is -0.383. The van der Waals surface area contributed by atoms with Gasteiger partial charge < -0.3 is 24.4 Å². The van der Waals surface area contributed by atoms with Crippen LogP contribution >= 0.6 is 0 Å². The van der Waals surface area contributed by atoms with Crippen molar-refractivity contribution in [1.29, 1.82) is 0 Å². The number of carbonyl (C=O) groups excluding carboxylic acids is 1. The molecule has 0 aromatic heterocycles. The number of carbonyl (C=O) groups is 1. The summed E-state index contributed by atoms with van der Waals surface area (Å²) in [7, 11) is 1.66. The fraction of sp³-hybridized carbons (Fsp3) is 0.958. The summed E-state index contributed by atoms with van der Waals surface area (Å²) < 4.78 is 11.2. The number of fused-ring (bicyclic) bond motifs is 1. The molecule has 174 valence electrons. The first-order valence-corrected chi connectivity index (χ1v) is 12.2. The van der Waals surface area contributed by atoms with E-state index in [2.05, 4.69) is 4.90 Å². The van der Waals surface area contributed by atoms with E-state index in [1.54, 1.807) is 7.11 Å². The Bertz CT molecular complexity index is 535. The molecule has 1 N–H and O–H groups in total. The number of hydrogen-bond donors (Lipinski definition) is 1. The number of methoxy groups -OCH3 is 1. The first-order valence-electron chi connectivity index (χ1n) is 12.2. The second kappa shape index (κ2) is 11.3. The largest absolute Gasteiger partial charge is 0.391 e. The minimum Gasteiger partial charge on any atom is -0.391 e. The molecule has 6 heteroatoms. The van der Waals surface area contributed by atoms with Gasteiger partial charge in [0.25, 0.3) is 0 Å². The van der Waals surface area contributed by atoms with Gasteiger partial charge in [-0.3, -0.25) is 4.79 Å². The van der Waals surface area contributed by atoms with Gasteiger partial charge in [0.1, 0.15) is 0 Å². The summed E-state index contributed by atoms with van der Waals surface area (Å²) in [6.07, 6.45) is 8.69. The minimum absolute atomic E-state index is 0.173. The first kappa shape index (κ1) is 24.0. The third-order valence-corrected chi connectivity index (χ3v) is 7.75. The lowest BCUT2D eigenvalue weighted by Crippen LogP contribution is -2.48. The summed E-state index contributed by atoms with van der Waals surface area (Å²) in [6, 6.07) is 0.761. The summed E-state index contributed by atoms with van der Waals surface area (Å²) in [6.45, 7) is 8.95. The third kappa shape index (κ3) is 6.41. The van der Waals surface area contributed by atoms with E-state index in [1.165, 1.54) is 25.7 Å². The predicted octanol–water partition coefficient (Wildman–Crippen LogP) is 2.93. The molecule has 0 aromatic rings. The monoisotopic (exact) mass is 424 g/mol. The quantitative estimate of drug-likeness (QED) is 0.752. The number of nitrogens with zero attached hydrogens (tertiary/aromatic N) is 2. The molecule has 3 aliphatic rings. The average Bonchev–Trinajstić information content (AvgIpc) is 3.25. The molecular weight excluding hydrogens is 380 g/mol. The zero-order valence-corrected chi connectivity index (χ0v) is 19.5. The number of aliphatic hydroxyl groups excluding tert-OH is 1. The molecule has 0 bridgehead atoms. The van der Waals surface area contributed by atoms with E-state index in [-0.39, 0.29) is 11.3 Å². The predicted molar refractivity (Wildman–Crippen MR) is 118 cm³/mol. The Morgan fingerprint density at radius 1 is 1.10 bits per heavy atom. The van der Waals surface area contributed by atoms with Crippen LogP contribution in [0.1, 0.15) is 65.2 Å². The summed E-state index contributed by atoms with van der Waals surface area (Å²) in [4.78, 5) is 17.8. The molecule has 2 aliphatic heterocycles. The van der Waals surface area contributed by atoms with Crippen molar-refractivity contribution in [3.05, 3.63) is 0 Å². The maximum Gasteiger partial charge on any atom is 0.223 e. The van der Waals surface area contributed by atoms with E-state index in [0.717, 1.165) is 45.0 Å². The Morgan fingerprint density at radius 3 is 2.60 bits per heavy atom. The highest BCUT2D eigenvalue weighted by Gasteiger charge is 2.36. The summed E-state index contributed by atoms with van der Waals surface area (Å²) in [5.74, 6) is 1.17. The van der Waals surface area contributed by atoms with Crippen molar-refractivity contribution >= 4 is 5.91 Å². The normalized spacial score (nSPS) is 32.9. The molecule has 30 heavy (non-hydrogen) atoms. The molecule has 1 saturated carbocycles. The van der Waals surface area contributed by atoms with Crippen LogP contribution < -0.4 is 0 Å². The zero-order valence-electron chi connectivity index (χ0n) is 19.5. The van der Waals surface area contributed by atoms with Gasteiger partial charge in [0.2, 0.25) is 5.91 Å². The fourth-order valence-corrected chi connectivity index (χ4v) is 5.51. The van der Waals surface area contributed by atoms with E-state index in [9.17, 15) is 9.90 Å². The van der Waals surface area contributed by atoms with Crippen LogP contribution in [0.15, 0.2) is 0 Å². The molecule has 3 fully saturated rings. The topological polar surface area (TPSA) is 62.2 Å². The second-order valence-electron chi connectivity index (χ2n) is 10.5. The molecule has 0 unspecified atom stereocenters. The lowest BCUT2D eigenvalue weighted by Gasteiger charge is -2.42. The number of hydrogen-bond acceptors (Lipinski definition) is 5. The Morgan fingerprint density at radius 2 is 1.87 bits per heavy atom. The van der Waals surface area contributed by atoms with Crippen molar-refractivity contribution in [3.8, 4) is 0 Å². The van der Waals surface area contributed by atoms with Crippen LogP contribution in [-0.2, 0) is 14.3 Å². The molecule has 0 radical (unpaired) electrons. The summed E-state index contributed by atoms with van der Waals surface area (Å²) in [5, 5.41) is 10.8. The van der Waals surface area contributed by atoms with Crippen LogP contribution in [0.4, 0.5) is 0 Å². The van der Waals surface area contributed by atoms with Crippen LogP contribution in [0.3, 0.4) is 0 Å². The molecule has 1 aliphatic carbocycles. The minimum atomic E-state index is -0.612. The van der Waals surface area contributed by atoms with Crippen LogP contribution in [0, 0.1) is 17.3 Å². The van der Waals surface area contributed by atoms with Gasteiger partial charge in [0.05, 0.1) is 19.3 Å². The average molecular weight is 425 g/mol. The van der Waals surface area contributed by atoms with Crippen molar-refractivity contribution < 1.29 is 19.4 Å². The zero-order chi connectivity index (χ0) is 21.6. The van der Waals surface area contributed by atoms with Gasteiger partial charge in [-0.1, -0.05) is 26.7 Å². The van der Waals surface area contributed by atoms with Crippen molar-refractivity contribution in [3.63, 3.8) is 0 Å². The molecule has 2 saturated heterocycles. The second-order valence-corrected chi connectivity index (χ2v) is 10.5. The third-order valence-electron chi connectivity index (χ3n) is 7.75. The lowest BCUT2D eigenvalue weighted by molar-refractivity contribution is -0.137. The van der Waals surface area contributed by atoms with Crippen molar-refractivity contribution in [2.24, 2.45) is 17.3 Å². The molecule has 3 atom stereocenters. The van der Waals surface area contributed by atoms with Crippen LogP contribution in [0.2, 0.25) is 0 Å². The number of β-amino-alcohol motifs (C(OH)–C–C–N with tert-alkyl or cyclic N) is 1. The number of aliphatic hydroxyl groups is 1. The number of rotatable bonds is 4. The standard InChI is InChI=1S/C24H44N2O4/c1-24(2)18-30-13-6-7-20-16-25(21-8-4-5-9-21)11-10-19(20)15-23(28)26(12-14-29-3)17-22(24)27/h19-22,27H,4-18H2,1-3H3/t19-,20-,22-/m0/s1. The van der Waals surface area contributed by atoms with Crippen molar-refractivity contribution in [2.45, 2.75) is 77.4 Å². The van der Waals surface area contributed by atoms with Gasteiger partial charge in [0, 0.05) is 51.2 Å². The Balaban J connectivity index is 1.71. The van der Waals surface area contributed by atoms with E-state index in [0.29, 0.717) is 44.6 Å². The van der Waals surface area contributed by atoms with E-state index < -0.39 is 6.10 Å². The van der Waals surface area contributed by atoms with Crippen molar-refractivity contribution in [1.82, 2.24) is 9.80 Å². The van der Waals surface area contributed by atoms with Gasteiger partial charge in [0.15, 0.2) is 0 Å². The SMILES string of the molecule is COCCN1C[C@H](O)C(C)(C)COCCC[C@H]2CN(C3CCCC3)CC[C@H]2CC1=O. The fourth-order valence-electron chi connectivity index (χ4n) is 5.51. The number of amides is 1. The van der Waals surface area contributed by atoms with Gasteiger partial charge in [-0.2, -0.15) is 0 Å². The van der Waals surface area contributed by atoms with Gasteiger partial charge >= 0.3 is 0 Å². The lowest BCUT2D eigenvalue weighted by atomic mass is 9.79. The number of ether oxygens (including phenoxy) is 2. The highest BCUT2D eigenvalue weighted by Crippen LogP contribution is 2.35. The molecular formula is C24H44N2O4. The summed E-state index contributed by atoms with van der Waals surface area (Å²) >= 11 is 0. The molecule has 3 rings (SSSR count). The van der Waals surface area contributed by atoms with Crippen molar-refractivity contribution in [2.75, 3.05) is 53.1 Å². The smallest absolute Gasteiger partial charge is 0.223 e. The Kier molecular flexibility index (Phi) is 8.99. The highest BCUT2D eigenvalue weighted by molar-refractivity contribution is 5.76. The van der Waals surface area contributed by atoms with Gasteiger partial charge in [-0.05, 0) is 50.5 Å². The molecule has 0 spiro atoms. The van der Waals surface area contributed by atoms with E-state index >= 15 is 0 Å². The molecule has 2 heterocycles. The molecule has 1 amide bonds. The van der Waals surface area contributed by atoms with Gasteiger partial charge in [-0.25, -0.2) is 0 Å².